The standard InChI is InChI=1S/C15H31N3O2S/c1-3-11-17(12-4-2)21(19,20)18-13-6-5-9-15(18)14-8-7-10-16-14/h14-16H,3-13H2,1-2H3. The van der Waals surface area contributed by atoms with Crippen LogP contribution in [0.1, 0.15) is 58.8 Å². The highest BCUT2D eigenvalue weighted by atomic mass is 32.2. The van der Waals surface area contributed by atoms with Crippen LogP contribution in [0.5, 0.6) is 0 Å². The largest absolute Gasteiger partial charge is 0.312 e. The number of nitrogens with zero attached hydrogens (tertiary/aromatic N) is 2. The molecular formula is C15H31N3O2S. The lowest BCUT2D eigenvalue weighted by Gasteiger charge is -2.40. The van der Waals surface area contributed by atoms with Gasteiger partial charge in [-0.15, -0.1) is 0 Å². The summed E-state index contributed by atoms with van der Waals surface area (Å²) in [5.74, 6) is 0. The van der Waals surface area contributed by atoms with Gasteiger partial charge in [0.05, 0.1) is 0 Å². The summed E-state index contributed by atoms with van der Waals surface area (Å²) in [5, 5.41) is 3.51. The van der Waals surface area contributed by atoms with Crippen molar-refractivity contribution < 1.29 is 8.42 Å². The average Bonchev–Trinajstić information content (AvgIpc) is 3.01. The predicted octanol–water partition coefficient (Wildman–Crippen LogP) is 1.96. The van der Waals surface area contributed by atoms with Gasteiger partial charge in [0.2, 0.25) is 0 Å². The summed E-state index contributed by atoms with van der Waals surface area (Å²) in [6, 6.07) is 0.507. The smallest absolute Gasteiger partial charge is 0.282 e. The van der Waals surface area contributed by atoms with Crippen LogP contribution in [0.15, 0.2) is 0 Å². The molecular weight excluding hydrogens is 286 g/mol. The molecule has 2 atom stereocenters. The molecule has 2 aliphatic heterocycles. The van der Waals surface area contributed by atoms with Crippen LogP contribution < -0.4 is 5.32 Å². The van der Waals surface area contributed by atoms with Gasteiger partial charge in [0.15, 0.2) is 0 Å². The first-order valence-corrected chi connectivity index (χ1v) is 10.0. The summed E-state index contributed by atoms with van der Waals surface area (Å²) < 4.78 is 29.6. The molecule has 0 spiro atoms. The molecule has 0 radical (unpaired) electrons. The average molecular weight is 317 g/mol. The van der Waals surface area contributed by atoms with Crippen molar-refractivity contribution in [2.45, 2.75) is 70.9 Å². The molecule has 2 unspecified atom stereocenters. The second kappa shape index (κ2) is 7.90. The molecule has 0 bridgehead atoms. The third kappa shape index (κ3) is 3.97. The van der Waals surface area contributed by atoms with Crippen molar-refractivity contribution in [1.29, 1.82) is 0 Å². The molecule has 2 fully saturated rings. The molecule has 0 saturated carbocycles. The lowest BCUT2D eigenvalue weighted by Crippen LogP contribution is -2.56. The maximum Gasteiger partial charge on any atom is 0.282 e. The molecule has 5 nitrogen and oxygen atoms in total. The summed E-state index contributed by atoms with van der Waals surface area (Å²) in [6.07, 6.45) is 7.17. The van der Waals surface area contributed by atoms with Gasteiger partial charge in [-0.3, -0.25) is 0 Å². The molecule has 0 amide bonds. The Kier molecular flexibility index (Phi) is 6.47. The summed E-state index contributed by atoms with van der Waals surface area (Å²) in [7, 11) is -3.31. The number of hydrogen-bond donors (Lipinski definition) is 1. The van der Waals surface area contributed by atoms with Crippen LogP contribution in [0.25, 0.3) is 0 Å². The highest BCUT2D eigenvalue weighted by Crippen LogP contribution is 2.28. The summed E-state index contributed by atoms with van der Waals surface area (Å²) in [6.45, 7) is 7.08. The molecule has 2 aliphatic rings. The molecule has 1 N–H and O–H groups in total. The molecule has 124 valence electrons. The minimum absolute atomic E-state index is 0.155. The van der Waals surface area contributed by atoms with E-state index in [2.05, 4.69) is 5.32 Å². The Labute approximate surface area is 130 Å². The fourth-order valence-corrected chi connectivity index (χ4v) is 5.73. The zero-order valence-electron chi connectivity index (χ0n) is 13.6. The van der Waals surface area contributed by atoms with E-state index in [1.54, 1.807) is 4.31 Å². The van der Waals surface area contributed by atoms with Crippen molar-refractivity contribution in [2.24, 2.45) is 0 Å². The normalized spacial score (nSPS) is 28.3. The van der Waals surface area contributed by atoms with Crippen molar-refractivity contribution >= 4 is 10.2 Å². The Morgan fingerprint density at radius 1 is 1.10 bits per heavy atom. The van der Waals surface area contributed by atoms with E-state index in [9.17, 15) is 8.42 Å². The monoisotopic (exact) mass is 317 g/mol. The second-order valence-electron chi connectivity index (χ2n) is 6.28. The highest BCUT2D eigenvalue weighted by Gasteiger charge is 2.40. The van der Waals surface area contributed by atoms with Gasteiger partial charge >= 0.3 is 0 Å². The van der Waals surface area contributed by atoms with Crippen LogP contribution >= 0.6 is 0 Å². The first-order chi connectivity index (χ1) is 10.1. The molecule has 2 rings (SSSR count). The quantitative estimate of drug-likeness (QED) is 0.781. The first-order valence-electron chi connectivity index (χ1n) is 8.61. The van der Waals surface area contributed by atoms with Gasteiger partial charge in [-0.1, -0.05) is 20.3 Å². The van der Waals surface area contributed by atoms with Gasteiger partial charge in [0, 0.05) is 31.7 Å². The molecule has 2 saturated heterocycles. The van der Waals surface area contributed by atoms with E-state index in [1.165, 1.54) is 6.42 Å². The third-order valence-electron chi connectivity index (χ3n) is 4.63. The third-order valence-corrected chi connectivity index (χ3v) is 6.69. The number of hydrogen-bond acceptors (Lipinski definition) is 3. The van der Waals surface area contributed by atoms with E-state index in [-0.39, 0.29) is 6.04 Å². The topological polar surface area (TPSA) is 52.7 Å². The molecule has 21 heavy (non-hydrogen) atoms. The Hall–Kier alpha value is -0.170. The molecule has 0 aliphatic carbocycles. The lowest BCUT2D eigenvalue weighted by atomic mass is 9.97. The molecule has 2 heterocycles. The molecule has 0 aromatic carbocycles. The van der Waals surface area contributed by atoms with Crippen LogP contribution in [-0.4, -0.2) is 55.3 Å². The Bertz CT molecular complexity index is 401. The van der Waals surface area contributed by atoms with Crippen LogP contribution in [0.2, 0.25) is 0 Å². The molecule has 0 aromatic heterocycles. The van der Waals surface area contributed by atoms with Gasteiger partial charge in [-0.2, -0.15) is 17.0 Å². The van der Waals surface area contributed by atoms with Crippen molar-refractivity contribution in [1.82, 2.24) is 13.9 Å². The Morgan fingerprint density at radius 3 is 2.38 bits per heavy atom. The number of piperidine rings is 1. The fourth-order valence-electron chi connectivity index (χ4n) is 3.65. The van der Waals surface area contributed by atoms with Gasteiger partial charge in [-0.25, -0.2) is 0 Å². The summed E-state index contributed by atoms with van der Waals surface area (Å²) >= 11 is 0. The maximum absolute atomic E-state index is 13.1. The van der Waals surface area contributed by atoms with Gasteiger partial charge in [0.25, 0.3) is 10.2 Å². The molecule has 6 heteroatoms. The zero-order valence-corrected chi connectivity index (χ0v) is 14.4. The molecule has 0 aromatic rings. The zero-order chi connectivity index (χ0) is 15.3. The minimum atomic E-state index is -3.31. The van der Waals surface area contributed by atoms with Crippen molar-refractivity contribution in [3.8, 4) is 0 Å². The predicted molar refractivity (Wildman–Crippen MR) is 86.4 cm³/mol. The van der Waals surface area contributed by atoms with Gasteiger partial charge in [0.1, 0.15) is 0 Å². The van der Waals surface area contributed by atoms with E-state index in [0.717, 1.165) is 45.1 Å². The van der Waals surface area contributed by atoms with Crippen LogP contribution in [0, 0.1) is 0 Å². The highest BCUT2D eigenvalue weighted by molar-refractivity contribution is 7.86. The van der Waals surface area contributed by atoms with Crippen molar-refractivity contribution in [2.75, 3.05) is 26.2 Å². The van der Waals surface area contributed by atoms with Gasteiger partial charge in [-0.05, 0) is 45.1 Å². The van der Waals surface area contributed by atoms with Gasteiger partial charge < -0.3 is 5.32 Å². The van der Waals surface area contributed by atoms with Crippen LogP contribution in [0.4, 0.5) is 0 Å². The number of rotatable bonds is 7. The van der Waals surface area contributed by atoms with E-state index < -0.39 is 10.2 Å². The Morgan fingerprint density at radius 2 is 1.81 bits per heavy atom. The first kappa shape index (κ1) is 17.2. The van der Waals surface area contributed by atoms with E-state index in [1.807, 2.05) is 18.2 Å². The Balaban J connectivity index is 2.17. The van der Waals surface area contributed by atoms with Crippen molar-refractivity contribution in [3.05, 3.63) is 0 Å². The van der Waals surface area contributed by atoms with E-state index in [0.29, 0.717) is 25.7 Å². The SMILES string of the molecule is CCCN(CCC)S(=O)(=O)N1CCCCC1C1CCCN1. The summed E-state index contributed by atoms with van der Waals surface area (Å²) in [4.78, 5) is 0. The van der Waals surface area contributed by atoms with Crippen LogP contribution in [-0.2, 0) is 10.2 Å². The van der Waals surface area contributed by atoms with Crippen LogP contribution in [0.3, 0.4) is 0 Å². The second-order valence-corrected chi connectivity index (χ2v) is 8.16. The maximum atomic E-state index is 13.1. The minimum Gasteiger partial charge on any atom is -0.312 e. The van der Waals surface area contributed by atoms with Crippen molar-refractivity contribution in [3.63, 3.8) is 0 Å². The van der Waals surface area contributed by atoms with E-state index >= 15 is 0 Å². The summed E-state index contributed by atoms with van der Waals surface area (Å²) in [5.41, 5.74) is 0. The fraction of sp³-hybridized carbons (Fsp3) is 1.00. The lowest BCUT2D eigenvalue weighted by molar-refractivity contribution is 0.195. The number of nitrogens with one attached hydrogen (secondary N) is 1. The van der Waals surface area contributed by atoms with E-state index in [4.69, 9.17) is 0 Å².